The molecule has 16 heteroatoms. The predicted molar refractivity (Wildman–Crippen MR) is 201 cm³/mol. The zero-order valence-electron chi connectivity index (χ0n) is 32.5. The highest BCUT2D eigenvalue weighted by molar-refractivity contribution is 5.95. The molecule has 1 saturated carbocycles. The van der Waals surface area contributed by atoms with Gasteiger partial charge in [0.25, 0.3) is 0 Å². The van der Waals surface area contributed by atoms with E-state index in [-0.39, 0.29) is 43.7 Å². The summed E-state index contributed by atoms with van der Waals surface area (Å²) in [6.07, 6.45) is -9.83. The fraction of sp³-hybridized carbons (Fsp3) is 0.707. The monoisotopic (exact) mass is 805 g/mol. The minimum atomic E-state index is -1.72. The number of aliphatic hydroxyl groups excluding tert-OH is 6. The summed E-state index contributed by atoms with van der Waals surface area (Å²) >= 11 is 0. The van der Waals surface area contributed by atoms with Crippen molar-refractivity contribution in [3.05, 3.63) is 53.6 Å². The Morgan fingerprint density at radius 2 is 1.54 bits per heavy atom. The van der Waals surface area contributed by atoms with Crippen LogP contribution in [-0.4, -0.2) is 153 Å². The van der Waals surface area contributed by atoms with Crippen LogP contribution in [0, 0.1) is 11.8 Å². The van der Waals surface area contributed by atoms with E-state index in [1.165, 1.54) is 6.92 Å². The van der Waals surface area contributed by atoms with Gasteiger partial charge in [-0.3, -0.25) is 4.79 Å². The molecule has 3 saturated heterocycles. The van der Waals surface area contributed by atoms with E-state index in [0.29, 0.717) is 12.0 Å². The molecule has 0 aromatic heterocycles. The quantitative estimate of drug-likeness (QED) is 0.130. The van der Waals surface area contributed by atoms with E-state index in [4.69, 9.17) is 28.4 Å². The van der Waals surface area contributed by atoms with Crippen molar-refractivity contribution in [2.24, 2.45) is 11.8 Å². The zero-order chi connectivity index (χ0) is 40.8. The number of ether oxygens (including phenoxy) is 6. The van der Waals surface area contributed by atoms with Crippen molar-refractivity contribution in [1.82, 2.24) is 5.32 Å². The van der Waals surface area contributed by atoms with Crippen LogP contribution in [-0.2, 0) is 38.0 Å². The normalized spacial score (nSPS) is 38.5. The highest BCUT2D eigenvalue weighted by Gasteiger charge is 2.51. The van der Waals surface area contributed by atoms with Gasteiger partial charge in [0.2, 0.25) is 5.91 Å². The van der Waals surface area contributed by atoms with Gasteiger partial charge >= 0.3 is 5.97 Å². The molecular formula is C41H59NO15. The van der Waals surface area contributed by atoms with Gasteiger partial charge in [0.15, 0.2) is 18.7 Å². The summed E-state index contributed by atoms with van der Waals surface area (Å²) in [7, 11) is 0. The zero-order valence-corrected chi connectivity index (χ0v) is 32.5. The maximum atomic E-state index is 13.6. The van der Waals surface area contributed by atoms with E-state index in [1.807, 2.05) is 43.3 Å². The van der Waals surface area contributed by atoms with Gasteiger partial charge in [-0.1, -0.05) is 81.5 Å². The minimum absolute atomic E-state index is 0.0918. The molecule has 1 aromatic carbocycles. The maximum absolute atomic E-state index is 13.6. The molecule has 15 atom stereocenters. The molecule has 1 aromatic rings. The summed E-state index contributed by atoms with van der Waals surface area (Å²) in [5.41, 5.74) is 2.75. The Morgan fingerprint density at radius 1 is 0.825 bits per heavy atom. The number of hydrogen-bond acceptors (Lipinski definition) is 14. The molecule has 4 fully saturated rings. The van der Waals surface area contributed by atoms with Gasteiger partial charge in [0, 0.05) is 18.7 Å². The lowest BCUT2D eigenvalue weighted by Crippen LogP contribution is -2.64. The van der Waals surface area contributed by atoms with Gasteiger partial charge in [0.05, 0.1) is 18.8 Å². The molecule has 3 aliphatic heterocycles. The van der Waals surface area contributed by atoms with Gasteiger partial charge in [-0.15, -0.1) is 0 Å². The van der Waals surface area contributed by atoms with E-state index in [0.717, 1.165) is 43.2 Å². The number of carboxylic acids is 1. The molecule has 0 radical (unpaired) electrons. The van der Waals surface area contributed by atoms with Crippen LogP contribution < -0.4 is 5.32 Å². The Balaban J connectivity index is 1.19. The molecule has 2 aliphatic carbocycles. The van der Waals surface area contributed by atoms with E-state index in [1.54, 1.807) is 6.08 Å². The van der Waals surface area contributed by atoms with Crippen LogP contribution in [0.2, 0.25) is 0 Å². The molecule has 0 spiro atoms. The Hall–Kier alpha value is -2.84. The largest absolute Gasteiger partial charge is 0.479 e. The van der Waals surface area contributed by atoms with Crippen LogP contribution in [0.5, 0.6) is 0 Å². The number of aliphatic carboxylic acids is 1. The number of benzene rings is 1. The second kappa shape index (κ2) is 19.9. The molecule has 6 rings (SSSR count). The molecule has 0 bridgehead atoms. The Kier molecular flexibility index (Phi) is 15.3. The van der Waals surface area contributed by atoms with E-state index in [2.05, 4.69) is 5.32 Å². The van der Waals surface area contributed by atoms with Crippen molar-refractivity contribution in [1.29, 1.82) is 0 Å². The molecule has 15 unspecified atom stereocenters. The highest BCUT2D eigenvalue weighted by atomic mass is 16.7. The third-order valence-electron chi connectivity index (χ3n) is 12.0. The summed E-state index contributed by atoms with van der Waals surface area (Å²) in [6, 6.07) is 9.90. The van der Waals surface area contributed by atoms with Crippen LogP contribution in [0.3, 0.4) is 0 Å². The molecule has 8 N–H and O–H groups in total. The lowest BCUT2D eigenvalue weighted by atomic mass is 9.85. The van der Waals surface area contributed by atoms with Crippen LogP contribution in [0.15, 0.2) is 48.1 Å². The number of nitrogens with one attached hydrogen (secondary N) is 1. The summed E-state index contributed by atoms with van der Waals surface area (Å²) in [5.74, 6) is -1.57. The smallest absolute Gasteiger partial charge is 0.332 e. The number of aliphatic hydroxyl groups is 6. The second-order valence-electron chi connectivity index (χ2n) is 16.0. The van der Waals surface area contributed by atoms with Crippen molar-refractivity contribution in [2.45, 2.75) is 151 Å². The van der Waals surface area contributed by atoms with Gasteiger partial charge < -0.3 is 69.5 Å². The Bertz CT molecular complexity index is 1540. The summed E-state index contributed by atoms with van der Waals surface area (Å²) in [4.78, 5) is 25.9. The first-order valence-corrected chi connectivity index (χ1v) is 20.2. The van der Waals surface area contributed by atoms with Crippen LogP contribution in [0.1, 0.15) is 70.8 Å². The number of carboxylic acid groups (broad SMARTS) is 1. The summed E-state index contributed by atoms with van der Waals surface area (Å²) < 4.78 is 36.2. The van der Waals surface area contributed by atoms with E-state index < -0.39 is 98.4 Å². The van der Waals surface area contributed by atoms with Crippen LogP contribution in [0.25, 0.3) is 5.57 Å². The van der Waals surface area contributed by atoms with Crippen LogP contribution >= 0.6 is 0 Å². The minimum Gasteiger partial charge on any atom is -0.479 e. The fourth-order valence-electron chi connectivity index (χ4n) is 8.56. The Labute approximate surface area is 332 Å². The molecule has 16 nitrogen and oxygen atoms in total. The molecule has 318 valence electrons. The highest BCUT2D eigenvalue weighted by Crippen LogP contribution is 2.35. The van der Waals surface area contributed by atoms with Crippen LogP contribution in [0.4, 0.5) is 0 Å². The number of carbonyl (C=O) groups is 2. The molecule has 57 heavy (non-hydrogen) atoms. The van der Waals surface area contributed by atoms with Crippen molar-refractivity contribution in [3.8, 4) is 0 Å². The SMILES string of the molecule is CC1CC(c2ccccc2)=CC=C1C(=O)NCC1OCCC(OC2OC(CO)C(O)C(OC(CC3CCCCC3)C(=O)O)C2O)C1OC1OC(C)C(O)C(O)C1O. The maximum Gasteiger partial charge on any atom is 0.332 e. The summed E-state index contributed by atoms with van der Waals surface area (Å²) in [6.45, 7) is 2.77. The first-order valence-electron chi connectivity index (χ1n) is 20.2. The summed E-state index contributed by atoms with van der Waals surface area (Å²) in [5, 5.41) is 77.5. The first kappa shape index (κ1) is 43.7. The second-order valence-corrected chi connectivity index (χ2v) is 16.0. The number of rotatable bonds is 14. The van der Waals surface area contributed by atoms with E-state index >= 15 is 0 Å². The molecule has 3 heterocycles. The van der Waals surface area contributed by atoms with Crippen molar-refractivity contribution in [2.75, 3.05) is 19.8 Å². The topological polar surface area (TPSA) is 243 Å². The fourth-order valence-corrected chi connectivity index (χ4v) is 8.56. The van der Waals surface area contributed by atoms with Gasteiger partial charge in [-0.05, 0) is 49.2 Å². The third-order valence-corrected chi connectivity index (χ3v) is 12.0. The number of hydrogen-bond donors (Lipinski definition) is 8. The third kappa shape index (κ3) is 10.5. The Morgan fingerprint density at radius 3 is 2.23 bits per heavy atom. The van der Waals surface area contributed by atoms with Gasteiger partial charge in [-0.25, -0.2) is 4.79 Å². The average molecular weight is 806 g/mol. The van der Waals surface area contributed by atoms with Crippen molar-refractivity contribution >= 4 is 17.4 Å². The standard InChI is InChI=1S/C41H59NO15/c1-21-17-25(24-11-7-4-8-12-24)13-14-26(21)38(49)42-19-29-36(57-40-34(47)33(46)31(44)22(2)53-40)27(15-16-52-29)55-41-35(48)37(32(45)30(20-43)56-41)54-28(39(50)51)18-23-9-5-3-6-10-23/h4,7-8,11-14,21-23,27-37,40-41,43-48H,3,5-6,9-10,15-20H2,1-2H3,(H,42,49)(H,50,51). The van der Waals surface area contributed by atoms with E-state index in [9.17, 15) is 45.3 Å². The van der Waals surface area contributed by atoms with Gasteiger partial charge in [0.1, 0.15) is 54.9 Å². The van der Waals surface area contributed by atoms with Gasteiger partial charge in [-0.2, -0.15) is 0 Å². The molecule has 5 aliphatic rings. The number of amides is 1. The van der Waals surface area contributed by atoms with Crippen molar-refractivity contribution < 1.29 is 73.8 Å². The first-order chi connectivity index (χ1) is 27.4. The number of allylic oxidation sites excluding steroid dienone is 3. The van der Waals surface area contributed by atoms with Crippen molar-refractivity contribution in [3.63, 3.8) is 0 Å². The lowest BCUT2D eigenvalue weighted by Gasteiger charge is -2.47. The average Bonchev–Trinajstić information content (AvgIpc) is 3.21. The molecule has 1 amide bonds. The predicted octanol–water partition coefficient (Wildman–Crippen LogP) is 0.787. The molecular weight excluding hydrogens is 746 g/mol. The lowest BCUT2D eigenvalue weighted by molar-refractivity contribution is -0.355. The number of carbonyl (C=O) groups excluding carboxylic acids is 1.